The van der Waals surface area contributed by atoms with Crippen molar-refractivity contribution >= 4 is 0 Å². The van der Waals surface area contributed by atoms with Gasteiger partial charge in [0.1, 0.15) is 0 Å². The molecule has 0 bridgehead atoms. The normalized spacial score (nSPS) is 14.5. The zero-order chi connectivity index (χ0) is 13.5. The summed E-state index contributed by atoms with van der Waals surface area (Å²) in [7, 11) is 0. The molecule has 1 heteroatoms. The Morgan fingerprint density at radius 3 is 2.39 bits per heavy atom. The van der Waals surface area contributed by atoms with Gasteiger partial charge in [-0.3, -0.25) is 0 Å². The fourth-order valence-corrected chi connectivity index (χ4v) is 2.47. The van der Waals surface area contributed by atoms with Gasteiger partial charge < -0.3 is 5.11 Å². The topological polar surface area (TPSA) is 20.2 Å². The first-order valence-electron chi connectivity index (χ1n) is 7.32. The van der Waals surface area contributed by atoms with Crippen molar-refractivity contribution in [2.45, 2.75) is 65.9 Å². The maximum Gasteiger partial charge on any atom is 0.0608 e. The zero-order valence-electron chi connectivity index (χ0n) is 12.4. The van der Waals surface area contributed by atoms with Gasteiger partial charge in [0.15, 0.2) is 0 Å². The summed E-state index contributed by atoms with van der Waals surface area (Å²) in [5, 5.41) is 10.3. The molecule has 0 radical (unpaired) electrons. The van der Waals surface area contributed by atoms with Crippen molar-refractivity contribution in [2.24, 2.45) is 5.92 Å². The lowest BCUT2D eigenvalue weighted by atomic mass is 9.89. The molecule has 2 unspecified atom stereocenters. The van der Waals surface area contributed by atoms with Crippen LogP contribution in [0, 0.1) is 19.8 Å². The minimum absolute atomic E-state index is 0.191. The Kier molecular flexibility index (Phi) is 6.42. The van der Waals surface area contributed by atoms with Gasteiger partial charge >= 0.3 is 0 Å². The van der Waals surface area contributed by atoms with Crippen molar-refractivity contribution in [1.82, 2.24) is 0 Å². The highest BCUT2D eigenvalue weighted by Gasteiger charge is 2.17. The van der Waals surface area contributed by atoms with E-state index in [1.165, 1.54) is 29.5 Å². The predicted octanol–water partition coefficient (Wildman–Crippen LogP) is 4.42. The van der Waals surface area contributed by atoms with Crippen molar-refractivity contribution in [1.29, 1.82) is 0 Å². The minimum Gasteiger partial charge on any atom is -0.392 e. The van der Waals surface area contributed by atoms with Gasteiger partial charge in [-0.25, -0.2) is 0 Å². The van der Waals surface area contributed by atoms with E-state index in [9.17, 15) is 5.11 Å². The molecule has 0 aliphatic rings. The zero-order valence-corrected chi connectivity index (χ0v) is 12.4. The van der Waals surface area contributed by atoms with Crippen LogP contribution < -0.4 is 0 Å². The van der Waals surface area contributed by atoms with E-state index < -0.39 is 0 Å². The van der Waals surface area contributed by atoms with Crippen LogP contribution in [0.1, 0.15) is 56.2 Å². The van der Waals surface area contributed by atoms with Crippen molar-refractivity contribution in [2.75, 3.05) is 0 Å². The Hall–Kier alpha value is -0.820. The molecular weight excluding hydrogens is 220 g/mol. The summed E-state index contributed by atoms with van der Waals surface area (Å²) >= 11 is 0. The quantitative estimate of drug-likeness (QED) is 0.757. The fraction of sp³-hybridized carbons (Fsp3) is 0.647. The summed E-state index contributed by atoms with van der Waals surface area (Å²) < 4.78 is 0. The molecule has 0 spiro atoms. The Morgan fingerprint density at radius 2 is 1.83 bits per heavy atom. The van der Waals surface area contributed by atoms with Crippen molar-refractivity contribution in [3.8, 4) is 0 Å². The molecule has 0 aliphatic carbocycles. The maximum absolute atomic E-state index is 10.3. The molecule has 1 aromatic rings. The molecule has 2 atom stereocenters. The second kappa shape index (κ2) is 7.58. The van der Waals surface area contributed by atoms with Crippen LogP contribution >= 0.6 is 0 Å². The first kappa shape index (κ1) is 15.2. The highest BCUT2D eigenvalue weighted by molar-refractivity contribution is 5.30. The molecule has 1 aromatic carbocycles. The second-order valence-electron chi connectivity index (χ2n) is 5.50. The molecule has 0 saturated carbocycles. The number of aliphatic hydroxyl groups excluding tert-OH is 1. The van der Waals surface area contributed by atoms with Crippen LogP contribution in [0.3, 0.4) is 0 Å². The SMILES string of the molecule is CCCCC(CC)C(O)Cc1ccc(C)c(C)c1. The van der Waals surface area contributed by atoms with Crippen LogP contribution in [-0.4, -0.2) is 11.2 Å². The van der Waals surface area contributed by atoms with Crippen molar-refractivity contribution < 1.29 is 5.11 Å². The van der Waals surface area contributed by atoms with Gasteiger partial charge in [0.25, 0.3) is 0 Å². The maximum atomic E-state index is 10.3. The molecule has 102 valence electrons. The van der Waals surface area contributed by atoms with Gasteiger partial charge in [-0.05, 0) is 49.3 Å². The monoisotopic (exact) mass is 248 g/mol. The molecule has 0 saturated heterocycles. The van der Waals surface area contributed by atoms with E-state index >= 15 is 0 Å². The van der Waals surface area contributed by atoms with Crippen LogP contribution in [0.2, 0.25) is 0 Å². The molecule has 0 fully saturated rings. The summed E-state index contributed by atoms with van der Waals surface area (Å²) in [4.78, 5) is 0. The van der Waals surface area contributed by atoms with Crippen LogP contribution in [0.15, 0.2) is 18.2 Å². The van der Waals surface area contributed by atoms with E-state index in [1.807, 2.05) is 0 Å². The van der Waals surface area contributed by atoms with Crippen LogP contribution in [-0.2, 0) is 6.42 Å². The number of rotatable bonds is 7. The number of aliphatic hydroxyl groups is 1. The van der Waals surface area contributed by atoms with Crippen molar-refractivity contribution in [3.05, 3.63) is 34.9 Å². The Labute approximate surface area is 112 Å². The highest BCUT2D eigenvalue weighted by Crippen LogP contribution is 2.21. The first-order valence-corrected chi connectivity index (χ1v) is 7.32. The van der Waals surface area contributed by atoms with Crippen LogP contribution in [0.4, 0.5) is 0 Å². The highest BCUT2D eigenvalue weighted by atomic mass is 16.3. The van der Waals surface area contributed by atoms with E-state index in [2.05, 4.69) is 45.9 Å². The molecule has 0 aliphatic heterocycles. The largest absolute Gasteiger partial charge is 0.392 e. The lowest BCUT2D eigenvalue weighted by Crippen LogP contribution is -2.22. The minimum atomic E-state index is -0.191. The molecule has 1 rings (SSSR count). The van der Waals surface area contributed by atoms with E-state index in [0.29, 0.717) is 5.92 Å². The molecule has 1 N–H and O–H groups in total. The lowest BCUT2D eigenvalue weighted by molar-refractivity contribution is 0.0987. The summed E-state index contributed by atoms with van der Waals surface area (Å²) in [5.74, 6) is 0.451. The van der Waals surface area contributed by atoms with E-state index in [0.717, 1.165) is 19.3 Å². The average Bonchev–Trinajstić information content (AvgIpc) is 2.35. The second-order valence-corrected chi connectivity index (χ2v) is 5.50. The Morgan fingerprint density at radius 1 is 1.11 bits per heavy atom. The number of benzene rings is 1. The number of aryl methyl sites for hydroxylation is 2. The van der Waals surface area contributed by atoms with Crippen molar-refractivity contribution in [3.63, 3.8) is 0 Å². The molecule has 0 amide bonds. The van der Waals surface area contributed by atoms with Gasteiger partial charge in [0, 0.05) is 0 Å². The molecular formula is C17H28O. The summed E-state index contributed by atoms with van der Waals surface area (Å²) in [6, 6.07) is 6.52. The van der Waals surface area contributed by atoms with Crippen LogP contribution in [0.25, 0.3) is 0 Å². The Bertz CT molecular complexity index is 357. The third-order valence-corrected chi connectivity index (χ3v) is 4.01. The van der Waals surface area contributed by atoms with Crippen LogP contribution in [0.5, 0.6) is 0 Å². The van der Waals surface area contributed by atoms with Gasteiger partial charge in [-0.1, -0.05) is 51.3 Å². The number of hydrogen-bond acceptors (Lipinski definition) is 1. The predicted molar refractivity (Wildman–Crippen MR) is 78.9 cm³/mol. The Balaban J connectivity index is 2.61. The standard InChI is InChI=1S/C17H28O/c1-5-7-8-16(6-2)17(18)12-15-10-9-13(3)14(4)11-15/h9-11,16-18H,5-8,12H2,1-4H3. The average molecular weight is 248 g/mol. The van der Waals surface area contributed by atoms with E-state index in [4.69, 9.17) is 0 Å². The third kappa shape index (κ3) is 4.45. The third-order valence-electron chi connectivity index (χ3n) is 4.01. The smallest absolute Gasteiger partial charge is 0.0608 e. The molecule has 0 aromatic heterocycles. The fourth-order valence-electron chi connectivity index (χ4n) is 2.47. The number of unbranched alkanes of at least 4 members (excludes halogenated alkanes) is 1. The van der Waals surface area contributed by atoms with E-state index in [1.54, 1.807) is 0 Å². The van der Waals surface area contributed by atoms with Gasteiger partial charge in [-0.15, -0.1) is 0 Å². The molecule has 18 heavy (non-hydrogen) atoms. The molecule has 1 nitrogen and oxygen atoms in total. The van der Waals surface area contributed by atoms with Gasteiger partial charge in [0.05, 0.1) is 6.10 Å². The summed E-state index contributed by atoms with van der Waals surface area (Å²) in [6.07, 6.45) is 5.27. The van der Waals surface area contributed by atoms with E-state index in [-0.39, 0.29) is 6.10 Å². The molecule has 0 heterocycles. The van der Waals surface area contributed by atoms with Gasteiger partial charge in [-0.2, -0.15) is 0 Å². The summed E-state index contributed by atoms with van der Waals surface area (Å²) in [6.45, 7) is 8.66. The summed E-state index contributed by atoms with van der Waals surface area (Å²) in [5.41, 5.74) is 3.91. The first-order chi connectivity index (χ1) is 8.58. The van der Waals surface area contributed by atoms with Gasteiger partial charge in [0.2, 0.25) is 0 Å². The number of hydrogen-bond donors (Lipinski definition) is 1. The lowest BCUT2D eigenvalue weighted by Gasteiger charge is -2.21.